The number of halogens is 1. The van der Waals surface area contributed by atoms with Crippen molar-refractivity contribution in [3.63, 3.8) is 0 Å². The molecule has 2 heterocycles. The number of nitrogens with zero attached hydrogens (tertiary/aromatic N) is 4. The highest BCUT2D eigenvalue weighted by Crippen LogP contribution is 2.05. The Morgan fingerprint density at radius 3 is 3.10 bits per heavy atom. The van der Waals surface area contributed by atoms with Gasteiger partial charge in [0.1, 0.15) is 25.0 Å². The van der Waals surface area contributed by atoms with Gasteiger partial charge in [-0.25, -0.2) is 14.6 Å². The van der Waals surface area contributed by atoms with Crippen LogP contribution in [0.1, 0.15) is 0 Å². The molecule has 0 radical (unpaired) electrons. The number of carbonyl (C=O) groups is 1. The molecule has 0 spiro atoms. The van der Waals surface area contributed by atoms with E-state index < -0.39 is 11.9 Å². The van der Waals surface area contributed by atoms with E-state index in [9.17, 15) is 9.18 Å². The molecular weight excluding hydrogens is 277 g/mol. The minimum Gasteiger partial charge on any atom is -0.361 e. The fourth-order valence-electron chi connectivity index (χ4n) is 1.41. The summed E-state index contributed by atoms with van der Waals surface area (Å²) in [5, 5.41) is 16.5. The van der Waals surface area contributed by atoms with Gasteiger partial charge in [-0.15, -0.1) is 0 Å². The van der Waals surface area contributed by atoms with Crippen molar-refractivity contribution in [3.8, 4) is 0 Å². The molecule has 0 saturated heterocycles. The van der Waals surface area contributed by atoms with Crippen molar-refractivity contribution in [2.24, 2.45) is 0 Å². The van der Waals surface area contributed by atoms with Crippen LogP contribution in [0.2, 0.25) is 0 Å². The van der Waals surface area contributed by atoms with Gasteiger partial charge in [-0.05, 0) is 12.1 Å². The zero-order valence-corrected chi connectivity index (χ0v) is 10.8. The van der Waals surface area contributed by atoms with Crippen molar-refractivity contribution in [2.45, 2.75) is 6.54 Å². The zero-order chi connectivity index (χ0) is 15.1. The molecule has 0 saturated carbocycles. The molecule has 0 unspecified atom stereocenters. The Labute approximate surface area is 119 Å². The van der Waals surface area contributed by atoms with Gasteiger partial charge in [0, 0.05) is 24.2 Å². The minimum atomic E-state index is -0.607. The first-order chi connectivity index (χ1) is 10.1. The Kier molecular flexibility index (Phi) is 4.70. The summed E-state index contributed by atoms with van der Waals surface area (Å²) in [5.74, 6) is -1.11. The summed E-state index contributed by atoms with van der Waals surface area (Å²) in [4.78, 5) is 18.7. The van der Waals surface area contributed by atoms with Gasteiger partial charge < -0.3 is 10.6 Å². The summed E-state index contributed by atoms with van der Waals surface area (Å²) in [6, 6.07) is 2.78. The van der Waals surface area contributed by atoms with Crippen molar-refractivity contribution < 1.29 is 9.18 Å². The molecule has 0 atom stereocenters. The summed E-state index contributed by atoms with van der Waals surface area (Å²) < 4.78 is 14.2. The summed E-state index contributed by atoms with van der Waals surface area (Å²) >= 11 is 0. The molecule has 0 fully saturated rings. The average molecular weight is 289 g/mol. The molecule has 0 bridgehead atoms. The van der Waals surface area contributed by atoms with Crippen LogP contribution in [0.4, 0.5) is 10.1 Å². The number of rotatable bonds is 5. The minimum absolute atomic E-state index is 0.0286. The van der Waals surface area contributed by atoms with Crippen molar-refractivity contribution in [1.29, 1.82) is 5.41 Å². The van der Waals surface area contributed by atoms with Gasteiger partial charge in [0.15, 0.2) is 0 Å². The van der Waals surface area contributed by atoms with Crippen molar-refractivity contribution in [3.05, 3.63) is 49.2 Å². The van der Waals surface area contributed by atoms with E-state index in [1.54, 1.807) is 6.07 Å². The van der Waals surface area contributed by atoms with Crippen LogP contribution in [-0.2, 0) is 11.3 Å². The van der Waals surface area contributed by atoms with Crippen LogP contribution >= 0.6 is 0 Å². The highest BCUT2D eigenvalue weighted by molar-refractivity contribution is 6.02. The van der Waals surface area contributed by atoms with Gasteiger partial charge in [-0.1, -0.05) is 0 Å². The van der Waals surface area contributed by atoms with E-state index in [0.717, 1.165) is 0 Å². The first-order valence-electron chi connectivity index (χ1n) is 5.89. The zero-order valence-electron chi connectivity index (χ0n) is 10.8. The lowest BCUT2D eigenvalue weighted by Gasteiger charge is -2.03. The van der Waals surface area contributed by atoms with Crippen LogP contribution in [0.15, 0.2) is 43.3 Å². The average Bonchev–Trinajstić information content (AvgIpc) is 2.91. The summed E-state index contributed by atoms with van der Waals surface area (Å²) in [5.41, 5.74) is 0.487. The molecule has 0 aliphatic rings. The number of hydrogen-bond acceptors (Lipinski definition) is 6. The van der Waals surface area contributed by atoms with Gasteiger partial charge in [0.25, 0.3) is 0 Å². The number of nitrogens with one attached hydrogen (secondary N) is 3. The number of anilines is 1. The van der Waals surface area contributed by atoms with Gasteiger partial charge >= 0.3 is 0 Å². The molecule has 2 aromatic heterocycles. The number of carbonyl (C=O) groups excluding carboxylic acids is 1. The smallest absolute Gasteiger partial charge is 0.247 e. The lowest BCUT2D eigenvalue weighted by Crippen LogP contribution is -2.31. The molecule has 2 rings (SSSR count). The Hall–Kier alpha value is -3.10. The second kappa shape index (κ2) is 6.89. The topological polar surface area (TPSA) is 109 Å². The fraction of sp³-hybridized carbons (Fsp3) is 0.0833. The van der Waals surface area contributed by atoms with Gasteiger partial charge in [0.2, 0.25) is 11.9 Å². The molecular formula is C12H12FN7O. The van der Waals surface area contributed by atoms with Crippen LogP contribution < -0.4 is 10.6 Å². The van der Waals surface area contributed by atoms with E-state index >= 15 is 0 Å². The van der Waals surface area contributed by atoms with Crippen LogP contribution in [0, 0.1) is 11.4 Å². The van der Waals surface area contributed by atoms with Gasteiger partial charge in [-0.3, -0.25) is 10.2 Å². The van der Waals surface area contributed by atoms with E-state index in [-0.39, 0.29) is 12.4 Å². The van der Waals surface area contributed by atoms with E-state index in [2.05, 4.69) is 25.7 Å². The third-order valence-electron chi connectivity index (χ3n) is 2.27. The SMILES string of the molecule is N=C(/C=C\Nc1ccnc(F)c1)NC(=O)Cn1cncn1. The lowest BCUT2D eigenvalue weighted by atomic mass is 10.4. The Balaban J connectivity index is 1.78. The second-order valence-corrected chi connectivity index (χ2v) is 3.90. The second-order valence-electron chi connectivity index (χ2n) is 3.90. The third kappa shape index (κ3) is 4.82. The monoisotopic (exact) mass is 289 g/mol. The van der Waals surface area contributed by atoms with Crippen molar-refractivity contribution in [2.75, 3.05) is 5.32 Å². The molecule has 3 N–H and O–H groups in total. The maximum absolute atomic E-state index is 12.8. The molecule has 21 heavy (non-hydrogen) atoms. The molecule has 108 valence electrons. The highest BCUT2D eigenvalue weighted by Gasteiger charge is 2.03. The predicted octanol–water partition coefficient (Wildman–Crippen LogP) is 0.531. The van der Waals surface area contributed by atoms with Crippen molar-refractivity contribution in [1.82, 2.24) is 25.1 Å². The van der Waals surface area contributed by atoms with Crippen LogP contribution in [0.3, 0.4) is 0 Å². The number of pyridine rings is 1. The van der Waals surface area contributed by atoms with E-state index in [1.165, 1.54) is 41.9 Å². The summed E-state index contributed by atoms with van der Waals surface area (Å²) in [6.07, 6.45) is 6.77. The normalized spacial score (nSPS) is 10.5. The van der Waals surface area contributed by atoms with E-state index in [0.29, 0.717) is 5.69 Å². The van der Waals surface area contributed by atoms with E-state index in [1.807, 2.05) is 0 Å². The number of hydrogen-bond donors (Lipinski definition) is 3. The number of amidine groups is 1. The maximum Gasteiger partial charge on any atom is 0.247 e. The largest absolute Gasteiger partial charge is 0.361 e. The summed E-state index contributed by atoms with van der Waals surface area (Å²) in [6.45, 7) is -0.0286. The predicted molar refractivity (Wildman–Crippen MR) is 72.8 cm³/mol. The number of amides is 1. The van der Waals surface area contributed by atoms with Crippen LogP contribution in [-0.4, -0.2) is 31.5 Å². The molecule has 9 heteroatoms. The Bertz CT molecular complexity index is 653. The molecule has 2 aromatic rings. The highest BCUT2D eigenvalue weighted by atomic mass is 19.1. The third-order valence-corrected chi connectivity index (χ3v) is 2.27. The maximum atomic E-state index is 12.8. The molecule has 0 aliphatic heterocycles. The molecule has 8 nitrogen and oxygen atoms in total. The first-order valence-corrected chi connectivity index (χ1v) is 5.89. The Morgan fingerprint density at radius 1 is 1.52 bits per heavy atom. The lowest BCUT2D eigenvalue weighted by molar-refractivity contribution is -0.120. The molecule has 0 aliphatic carbocycles. The summed E-state index contributed by atoms with van der Waals surface area (Å²) in [7, 11) is 0. The Morgan fingerprint density at radius 2 is 2.38 bits per heavy atom. The van der Waals surface area contributed by atoms with Gasteiger partial charge in [-0.2, -0.15) is 9.49 Å². The molecule has 1 amide bonds. The van der Waals surface area contributed by atoms with E-state index in [4.69, 9.17) is 5.41 Å². The van der Waals surface area contributed by atoms with Crippen LogP contribution in [0.5, 0.6) is 0 Å². The fourth-order valence-corrected chi connectivity index (χ4v) is 1.41. The van der Waals surface area contributed by atoms with Crippen molar-refractivity contribution >= 4 is 17.4 Å². The standard InChI is InChI=1S/C12H12FN7O/c13-10-5-9(1-3-17-10)16-4-2-11(14)19-12(21)6-20-8-15-7-18-20/h1-5,7-8H,6H2,(H,16,17)(H2,14,19,21)/b4-2-. The van der Waals surface area contributed by atoms with Gasteiger partial charge in [0.05, 0.1) is 0 Å². The van der Waals surface area contributed by atoms with Crippen LogP contribution in [0.25, 0.3) is 0 Å². The molecule has 0 aromatic carbocycles. The number of aromatic nitrogens is 4. The quantitative estimate of drug-likeness (QED) is 0.423. The first kappa shape index (κ1) is 14.3.